The van der Waals surface area contributed by atoms with Gasteiger partial charge in [0.25, 0.3) is 0 Å². The molecule has 0 saturated carbocycles. The molecule has 144 valence electrons. The van der Waals surface area contributed by atoms with E-state index in [4.69, 9.17) is 4.74 Å². The van der Waals surface area contributed by atoms with Crippen LogP contribution in [0.2, 0.25) is 0 Å². The summed E-state index contributed by atoms with van der Waals surface area (Å²) in [4.78, 5) is 4.59. The lowest BCUT2D eigenvalue weighted by Gasteiger charge is -2.07. The van der Waals surface area contributed by atoms with E-state index < -0.39 is 0 Å². The van der Waals surface area contributed by atoms with Crippen molar-refractivity contribution >= 4 is 22.2 Å². The summed E-state index contributed by atoms with van der Waals surface area (Å²) in [6.07, 6.45) is 0. The molecule has 0 unspecified atom stereocenters. The van der Waals surface area contributed by atoms with E-state index in [1.807, 2.05) is 73.0 Å². The highest BCUT2D eigenvalue weighted by atomic mass is 32.1. The van der Waals surface area contributed by atoms with Crippen molar-refractivity contribution in [1.29, 1.82) is 0 Å². The summed E-state index contributed by atoms with van der Waals surface area (Å²) in [7, 11) is 0. The van der Waals surface area contributed by atoms with Crippen LogP contribution in [0.1, 0.15) is 18.1 Å². The number of hydrogen-bond donors (Lipinski definition) is 1. The molecule has 0 radical (unpaired) electrons. The Morgan fingerprint density at radius 3 is 2.34 bits per heavy atom. The maximum Gasteiger partial charge on any atom is 0.203 e. The Kier molecular flexibility index (Phi) is 5.98. The smallest absolute Gasteiger partial charge is 0.203 e. The van der Waals surface area contributed by atoms with E-state index in [1.165, 1.54) is 11.3 Å². The van der Waals surface area contributed by atoms with Gasteiger partial charge >= 0.3 is 0 Å². The summed E-state index contributed by atoms with van der Waals surface area (Å²) >= 11 is 1.54. The third-order valence-electron chi connectivity index (χ3n) is 4.41. The summed E-state index contributed by atoms with van der Waals surface area (Å²) in [5.41, 5.74) is 8.18. The minimum atomic E-state index is 0.558. The first-order valence-electron chi connectivity index (χ1n) is 9.36. The van der Waals surface area contributed by atoms with Gasteiger partial charge in [0.1, 0.15) is 12.4 Å². The molecule has 0 bridgehead atoms. The SMILES string of the molecule is C/C(=N/Nc1nc(-c2ccccc2)cs1)c1ccc(OCc2ccccc2)cc1. The summed E-state index contributed by atoms with van der Waals surface area (Å²) in [5, 5.41) is 7.27. The zero-order chi connectivity index (χ0) is 19.9. The molecule has 1 heterocycles. The number of ether oxygens (including phenoxy) is 1. The van der Waals surface area contributed by atoms with E-state index in [2.05, 4.69) is 39.8 Å². The molecule has 4 nitrogen and oxygen atoms in total. The monoisotopic (exact) mass is 399 g/mol. The van der Waals surface area contributed by atoms with Gasteiger partial charge in [-0.1, -0.05) is 60.7 Å². The number of thiazole rings is 1. The van der Waals surface area contributed by atoms with Crippen LogP contribution < -0.4 is 10.2 Å². The maximum absolute atomic E-state index is 5.84. The second kappa shape index (κ2) is 9.17. The van der Waals surface area contributed by atoms with Crippen LogP contribution in [0.4, 0.5) is 5.13 Å². The van der Waals surface area contributed by atoms with Crippen LogP contribution in [0.3, 0.4) is 0 Å². The molecule has 0 aliphatic heterocycles. The van der Waals surface area contributed by atoms with Gasteiger partial charge in [-0.05, 0) is 42.3 Å². The van der Waals surface area contributed by atoms with Gasteiger partial charge in [-0.2, -0.15) is 5.10 Å². The molecule has 1 N–H and O–H groups in total. The topological polar surface area (TPSA) is 46.5 Å². The highest BCUT2D eigenvalue weighted by Gasteiger charge is 2.04. The minimum Gasteiger partial charge on any atom is -0.489 e. The van der Waals surface area contributed by atoms with Crippen molar-refractivity contribution in [2.75, 3.05) is 5.43 Å². The molecule has 3 aromatic carbocycles. The van der Waals surface area contributed by atoms with Crippen LogP contribution in [0.5, 0.6) is 5.75 Å². The van der Waals surface area contributed by atoms with Crippen molar-refractivity contribution in [1.82, 2.24) is 4.98 Å². The number of benzene rings is 3. The predicted molar refractivity (Wildman–Crippen MR) is 121 cm³/mol. The van der Waals surface area contributed by atoms with Crippen molar-refractivity contribution < 1.29 is 4.74 Å². The molecule has 0 saturated heterocycles. The van der Waals surface area contributed by atoms with Crippen molar-refractivity contribution in [2.45, 2.75) is 13.5 Å². The molecule has 0 atom stereocenters. The molecule has 0 aliphatic carbocycles. The number of nitrogens with zero attached hydrogens (tertiary/aromatic N) is 2. The zero-order valence-electron chi connectivity index (χ0n) is 16.1. The summed E-state index contributed by atoms with van der Waals surface area (Å²) in [5.74, 6) is 0.839. The average molecular weight is 400 g/mol. The van der Waals surface area contributed by atoms with E-state index in [0.29, 0.717) is 6.61 Å². The number of anilines is 1. The van der Waals surface area contributed by atoms with E-state index >= 15 is 0 Å². The Labute approximate surface area is 174 Å². The normalized spacial score (nSPS) is 11.3. The quantitative estimate of drug-likeness (QED) is 0.296. The molecular weight excluding hydrogens is 378 g/mol. The molecule has 1 aromatic heterocycles. The number of rotatable bonds is 7. The first-order valence-corrected chi connectivity index (χ1v) is 10.2. The van der Waals surface area contributed by atoms with Gasteiger partial charge < -0.3 is 4.74 Å². The van der Waals surface area contributed by atoms with Crippen LogP contribution >= 0.6 is 11.3 Å². The fourth-order valence-electron chi connectivity index (χ4n) is 2.80. The Morgan fingerprint density at radius 1 is 0.931 bits per heavy atom. The number of hydrazone groups is 1. The largest absolute Gasteiger partial charge is 0.489 e. The van der Waals surface area contributed by atoms with Gasteiger partial charge in [0.2, 0.25) is 5.13 Å². The molecule has 0 amide bonds. The van der Waals surface area contributed by atoms with Crippen molar-refractivity contribution in [3.8, 4) is 17.0 Å². The standard InChI is InChI=1S/C24H21N3OS/c1-18(26-27-24-25-23(17-29-24)21-10-6-3-7-11-21)20-12-14-22(15-13-20)28-16-19-8-4-2-5-9-19/h2-15,17H,16H2,1H3,(H,25,27)/b26-18-. The highest BCUT2D eigenvalue weighted by molar-refractivity contribution is 7.14. The number of nitrogens with one attached hydrogen (secondary N) is 1. The Bertz CT molecular complexity index is 1070. The van der Waals surface area contributed by atoms with Gasteiger partial charge in [-0.15, -0.1) is 11.3 Å². The molecule has 4 rings (SSSR count). The lowest BCUT2D eigenvalue weighted by Crippen LogP contribution is -2.00. The molecule has 0 fully saturated rings. The Balaban J connectivity index is 1.36. The molecule has 5 heteroatoms. The van der Waals surface area contributed by atoms with E-state index in [9.17, 15) is 0 Å². The maximum atomic E-state index is 5.84. The van der Waals surface area contributed by atoms with Gasteiger partial charge in [0.05, 0.1) is 11.4 Å². The lowest BCUT2D eigenvalue weighted by atomic mass is 10.1. The van der Waals surface area contributed by atoms with Crippen LogP contribution in [0.15, 0.2) is 95.4 Å². The molecule has 4 aromatic rings. The van der Waals surface area contributed by atoms with Gasteiger partial charge in [0, 0.05) is 10.9 Å². The third-order valence-corrected chi connectivity index (χ3v) is 5.16. The highest BCUT2D eigenvalue weighted by Crippen LogP contribution is 2.24. The molecular formula is C24H21N3OS. The van der Waals surface area contributed by atoms with E-state index in [1.54, 1.807) is 0 Å². The minimum absolute atomic E-state index is 0.558. The van der Waals surface area contributed by atoms with Gasteiger partial charge in [-0.3, -0.25) is 5.43 Å². The summed E-state index contributed by atoms with van der Waals surface area (Å²) in [6.45, 7) is 2.53. The second-order valence-corrected chi connectivity index (χ2v) is 7.37. The van der Waals surface area contributed by atoms with E-state index in [0.717, 1.165) is 39.0 Å². The van der Waals surface area contributed by atoms with E-state index in [-0.39, 0.29) is 0 Å². The van der Waals surface area contributed by atoms with Crippen molar-refractivity contribution in [2.24, 2.45) is 5.10 Å². The lowest BCUT2D eigenvalue weighted by molar-refractivity contribution is 0.306. The fraction of sp³-hybridized carbons (Fsp3) is 0.0833. The van der Waals surface area contributed by atoms with Gasteiger partial charge in [0.15, 0.2) is 0 Å². The first-order chi connectivity index (χ1) is 14.3. The average Bonchev–Trinajstić information content (AvgIpc) is 3.27. The molecule has 0 spiro atoms. The Morgan fingerprint density at radius 2 is 1.62 bits per heavy atom. The third kappa shape index (κ3) is 5.09. The van der Waals surface area contributed by atoms with Crippen LogP contribution in [0.25, 0.3) is 11.3 Å². The predicted octanol–water partition coefficient (Wildman–Crippen LogP) is 6.23. The molecule has 29 heavy (non-hydrogen) atoms. The van der Waals surface area contributed by atoms with Gasteiger partial charge in [-0.25, -0.2) is 4.98 Å². The van der Waals surface area contributed by atoms with Crippen LogP contribution in [0, 0.1) is 0 Å². The molecule has 0 aliphatic rings. The summed E-state index contributed by atoms with van der Waals surface area (Å²) in [6, 6.07) is 28.2. The first kappa shape index (κ1) is 18.9. The van der Waals surface area contributed by atoms with Crippen molar-refractivity contribution in [3.63, 3.8) is 0 Å². The fourth-order valence-corrected chi connectivity index (χ4v) is 3.46. The van der Waals surface area contributed by atoms with Crippen LogP contribution in [-0.4, -0.2) is 10.7 Å². The number of hydrogen-bond acceptors (Lipinski definition) is 5. The van der Waals surface area contributed by atoms with Crippen LogP contribution in [-0.2, 0) is 6.61 Å². The van der Waals surface area contributed by atoms with Crippen molar-refractivity contribution in [3.05, 3.63) is 101 Å². The summed E-state index contributed by atoms with van der Waals surface area (Å²) < 4.78 is 5.84. The Hall–Kier alpha value is -3.44. The zero-order valence-corrected chi connectivity index (χ0v) is 16.9. The number of aromatic nitrogens is 1. The second-order valence-electron chi connectivity index (χ2n) is 6.51.